The van der Waals surface area contributed by atoms with Crippen LogP contribution in [0.2, 0.25) is 0 Å². The summed E-state index contributed by atoms with van der Waals surface area (Å²) in [5.41, 5.74) is 6.02. The zero-order valence-corrected chi connectivity index (χ0v) is 13.7. The minimum Gasteiger partial charge on any atom is -0.323 e. The van der Waals surface area contributed by atoms with Gasteiger partial charge < -0.3 is 4.57 Å². The molecule has 0 saturated carbocycles. The van der Waals surface area contributed by atoms with Crippen LogP contribution in [0.4, 0.5) is 5.69 Å². The van der Waals surface area contributed by atoms with Gasteiger partial charge in [-0.2, -0.15) is 0 Å². The maximum atomic E-state index is 4.56. The van der Waals surface area contributed by atoms with Crippen molar-refractivity contribution in [1.29, 1.82) is 0 Å². The van der Waals surface area contributed by atoms with Crippen LogP contribution >= 0.6 is 0 Å². The van der Waals surface area contributed by atoms with Crippen LogP contribution in [0.1, 0.15) is 30.5 Å². The molecule has 0 unspecified atom stereocenters. The van der Waals surface area contributed by atoms with Crippen molar-refractivity contribution in [3.05, 3.63) is 83.7 Å². The van der Waals surface area contributed by atoms with E-state index in [1.54, 1.807) is 0 Å². The predicted molar refractivity (Wildman–Crippen MR) is 98.2 cm³/mol. The summed E-state index contributed by atoms with van der Waals surface area (Å²) in [6, 6.07) is 19.0. The topological polar surface area (TPSA) is 17.3 Å². The number of aryl methyl sites for hydroxylation is 2. The second-order valence-corrected chi connectivity index (χ2v) is 5.61. The van der Waals surface area contributed by atoms with E-state index >= 15 is 0 Å². The molecule has 0 aliphatic heterocycles. The lowest BCUT2D eigenvalue weighted by Gasteiger charge is -2.08. The number of benzene rings is 2. The Morgan fingerprint density at radius 3 is 2.43 bits per heavy atom. The van der Waals surface area contributed by atoms with Gasteiger partial charge in [0.25, 0.3) is 0 Å². The van der Waals surface area contributed by atoms with Gasteiger partial charge in [0.05, 0.1) is 5.69 Å². The molecule has 2 aromatic carbocycles. The van der Waals surface area contributed by atoms with Crippen molar-refractivity contribution in [3.8, 4) is 5.69 Å². The summed E-state index contributed by atoms with van der Waals surface area (Å²) < 4.78 is 2.17. The molecule has 2 nitrogen and oxygen atoms in total. The first-order valence-corrected chi connectivity index (χ1v) is 8.19. The van der Waals surface area contributed by atoms with Gasteiger partial charge in [0, 0.05) is 29.9 Å². The maximum absolute atomic E-state index is 4.56. The normalized spacial score (nSPS) is 11.2. The van der Waals surface area contributed by atoms with E-state index in [0.717, 1.165) is 24.1 Å². The second kappa shape index (κ2) is 7.10. The smallest absolute Gasteiger partial charge is 0.0630 e. The Hall–Kier alpha value is -2.61. The SMILES string of the molecule is CCc1ccc(N=Cc2ccn(-c3ccccc3CC)c2)cc1. The molecule has 0 saturated heterocycles. The van der Waals surface area contributed by atoms with E-state index in [9.17, 15) is 0 Å². The van der Waals surface area contributed by atoms with Gasteiger partial charge in [0.15, 0.2) is 0 Å². The lowest BCUT2D eigenvalue weighted by atomic mass is 10.1. The Balaban J connectivity index is 1.80. The van der Waals surface area contributed by atoms with E-state index in [1.807, 2.05) is 6.21 Å². The molecule has 0 bridgehead atoms. The molecule has 2 heteroatoms. The molecule has 0 amide bonds. The molecule has 0 spiro atoms. The average Bonchev–Trinajstić information content (AvgIpc) is 3.09. The third-order valence-corrected chi connectivity index (χ3v) is 4.07. The molecule has 23 heavy (non-hydrogen) atoms. The first-order valence-electron chi connectivity index (χ1n) is 8.19. The molecular formula is C21H22N2. The fourth-order valence-corrected chi connectivity index (χ4v) is 2.67. The van der Waals surface area contributed by atoms with Crippen LogP contribution in [0.25, 0.3) is 5.69 Å². The largest absolute Gasteiger partial charge is 0.323 e. The van der Waals surface area contributed by atoms with Crippen LogP contribution in [-0.2, 0) is 12.8 Å². The highest BCUT2D eigenvalue weighted by molar-refractivity contribution is 5.81. The molecule has 3 rings (SSSR count). The summed E-state index contributed by atoms with van der Waals surface area (Å²) in [6.45, 7) is 4.35. The van der Waals surface area contributed by atoms with E-state index in [1.165, 1.54) is 16.8 Å². The van der Waals surface area contributed by atoms with Gasteiger partial charge in [-0.1, -0.05) is 44.2 Å². The molecule has 1 aromatic heterocycles. The molecule has 116 valence electrons. The van der Waals surface area contributed by atoms with Gasteiger partial charge in [-0.05, 0) is 48.2 Å². The zero-order chi connectivity index (χ0) is 16.1. The molecule has 0 radical (unpaired) electrons. The van der Waals surface area contributed by atoms with Gasteiger partial charge in [0.1, 0.15) is 0 Å². The van der Waals surface area contributed by atoms with Crippen LogP contribution in [0.3, 0.4) is 0 Å². The summed E-state index contributed by atoms with van der Waals surface area (Å²) in [6.07, 6.45) is 8.23. The summed E-state index contributed by atoms with van der Waals surface area (Å²) in [7, 11) is 0. The molecule has 0 aliphatic carbocycles. The van der Waals surface area contributed by atoms with Crippen molar-refractivity contribution >= 4 is 11.9 Å². The minimum absolute atomic E-state index is 0.990. The quantitative estimate of drug-likeness (QED) is 0.565. The van der Waals surface area contributed by atoms with Crippen LogP contribution in [0.5, 0.6) is 0 Å². The van der Waals surface area contributed by atoms with Gasteiger partial charge in [-0.25, -0.2) is 0 Å². The summed E-state index contributed by atoms with van der Waals surface area (Å²) in [4.78, 5) is 4.56. The number of para-hydroxylation sites is 1. The van der Waals surface area contributed by atoms with Gasteiger partial charge >= 0.3 is 0 Å². The fourth-order valence-electron chi connectivity index (χ4n) is 2.67. The molecule has 0 atom stereocenters. The number of nitrogens with zero attached hydrogens (tertiary/aromatic N) is 2. The van der Waals surface area contributed by atoms with E-state index < -0.39 is 0 Å². The van der Waals surface area contributed by atoms with Crippen LogP contribution in [0.15, 0.2) is 72.0 Å². The third kappa shape index (κ3) is 3.59. The number of aliphatic imine (C=N–C) groups is 1. The summed E-state index contributed by atoms with van der Waals surface area (Å²) >= 11 is 0. The van der Waals surface area contributed by atoms with Crippen LogP contribution in [0, 0.1) is 0 Å². The average molecular weight is 302 g/mol. The van der Waals surface area contributed by atoms with Gasteiger partial charge in [-0.3, -0.25) is 4.99 Å². The highest BCUT2D eigenvalue weighted by Gasteiger charge is 2.02. The Morgan fingerprint density at radius 1 is 0.913 bits per heavy atom. The van der Waals surface area contributed by atoms with Crippen molar-refractivity contribution in [1.82, 2.24) is 4.57 Å². The standard InChI is InChI=1S/C21H22N2/c1-3-17-9-11-20(12-10-17)22-15-18-13-14-23(16-18)21-8-6-5-7-19(21)4-2/h5-16H,3-4H2,1-2H3. The number of aromatic nitrogens is 1. The van der Waals surface area contributed by atoms with Crippen molar-refractivity contribution in [2.45, 2.75) is 26.7 Å². The van der Waals surface area contributed by atoms with Crippen LogP contribution in [-0.4, -0.2) is 10.8 Å². The van der Waals surface area contributed by atoms with E-state index in [-0.39, 0.29) is 0 Å². The Kier molecular flexibility index (Phi) is 4.72. The summed E-state index contributed by atoms with van der Waals surface area (Å²) in [5.74, 6) is 0. The van der Waals surface area contributed by atoms with Gasteiger partial charge in [-0.15, -0.1) is 0 Å². The minimum atomic E-state index is 0.990. The van der Waals surface area contributed by atoms with Crippen molar-refractivity contribution in [2.24, 2.45) is 4.99 Å². The molecule has 0 aliphatic rings. The third-order valence-electron chi connectivity index (χ3n) is 4.07. The lowest BCUT2D eigenvalue weighted by molar-refractivity contribution is 1.02. The number of rotatable bonds is 5. The van der Waals surface area contributed by atoms with Crippen molar-refractivity contribution < 1.29 is 0 Å². The first kappa shape index (κ1) is 15.3. The van der Waals surface area contributed by atoms with Crippen LogP contribution < -0.4 is 0 Å². The molecular weight excluding hydrogens is 280 g/mol. The summed E-state index contributed by atoms with van der Waals surface area (Å²) in [5, 5.41) is 0. The number of hydrogen-bond acceptors (Lipinski definition) is 1. The predicted octanol–water partition coefficient (Wildman–Crippen LogP) is 5.35. The van der Waals surface area contributed by atoms with E-state index in [4.69, 9.17) is 0 Å². The highest BCUT2D eigenvalue weighted by Crippen LogP contribution is 2.17. The second-order valence-electron chi connectivity index (χ2n) is 5.61. The zero-order valence-electron chi connectivity index (χ0n) is 13.7. The molecule has 1 heterocycles. The Labute approximate surface area is 138 Å². The molecule has 0 fully saturated rings. The van der Waals surface area contributed by atoms with Crippen molar-refractivity contribution in [2.75, 3.05) is 0 Å². The van der Waals surface area contributed by atoms with E-state index in [2.05, 4.69) is 90.4 Å². The fraction of sp³-hybridized carbons (Fsp3) is 0.190. The Morgan fingerprint density at radius 2 is 1.70 bits per heavy atom. The maximum Gasteiger partial charge on any atom is 0.0630 e. The highest BCUT2D eigenvalue weighted by atomic mass is 14.9. The van der Waals surface area contributed by atoms with E-state index in [0.29, 0.717) is 0 Å². The first-order chi connectivity index (χ1) is 11.3. The van der Waals surface area contributed by atoms with Gasteiger partial charge in [0.2, 0.25) is 0 Å². The molecule has 3 aromatic rings. The molecule has 0 N–H and O–H groups in total. The lowest BCUT2D eigenvalue weighted by Crippen LogP contribution is -1.95. The Bertz CT molecular complexity index is 795. The van der Waals surface area contributed by atoms with Crippen molar-refractivity contribution in [3.63, 3.8) is 0 Å². The number of hydrogen-bond donors (Lipinski definition) is 0. The monoisotopic (exact) mass is 302 g/mol.